The van der Waals surface area contributed by atoms with Crippen LogP contribution in [0.3, 0.4) is 0 Å². The Balaban J connectivity index is 2.72. The lowest BCUT2D eigenvalue weighted by molar-refractivity contribution is 0.465. The second-order valence-corrected chi connectivity index (χ2v) is 6.30. The van der Waals surface area contributed by atoms with Crippen LogP contribution in [0.4, 0.5) is 0 Å². The maximum absolute atomic E-state index is 11.9. The van der Waals surface area contributed by atoms with Gasteiger partial charge in [-0.25, -0.2) is 12.7 Å². The monoisotopic (exact) mass is 256 g/mol. The zero-order valence-electron chi connectivity index (χ0n) is 10.6. The molecule has 0 saturated carbocycles. The molecule has 0 atom stereocenters. The summed E-state index contributed by atoms with van der Waals surface area (Å²) in [5.74, 6) is 0.131. The third-order valence-corrected chi connectivity index (χ3v) is 4.54. The van der Waals surface area contributed by atoms with Gasteiger partial charge in [0.05, 0.1) is 5.75 Å². The van der Waals surface area contributed by atoms with Crippen molar-refractivity contribution in [1.29, 1.82) is 0 Å². The summed E-state index contributed by atoms with van der Waals surface area (Å²) in [4.78, 5) is 0. The van der Waals surface area contributed by atoms with Crippen LogP contribution in [0.15, 0.2) is 24.3 Å². The molecule has 0 saturated heterocycles. The largest absolute Gasteiger partial charge is 0.319 e. The molecule has 0 aromatic heterocycles. The van der Waals surface area contributed by atoms with Gasteiger partial charge in [-0.05, 0) is 25.1 Å². The molecule has 0 spiro atoms. The van der Waals surface area contributed by atoms with Crippen molar-refractivity contribution in [3.63, 3.8) is 0 Å². The highest BCUT2D eigenvalue weighted by Crippen LogP contribution is 2.11. The Morgan fingerprint density at radius 2 is 1.94 bits per heavy atom. The lowest BCUT2D eigenvalue weighted by Crippen LogP contribution is -2.32. The van der Waals surface area contributed by atoms with Gasteiger partial charge >= 0.3 is 0 Å². The van der Waals surface area contributed by atoms with Gasteiger partial charge in [0, 0.05) is 20.1 Å². The standard InChI is InChI=1S/C12H20N2O2S/c1-11-6-4-5-7-12(11)10-14(3)17(15,16)9-8-13-2/h4-7,13H,8-10H2,1-3H3. The lowest BCUT2D eigenvalue weighted by atomic mass is 10.1. The summed E-state index contributed by atoms with van der Waals surface area (Å²) >= 11 is 0. The summed E-state index contributed by atoms with van der Waals surface area (Å²) in [6, 6.07) is 7.83. The SMILES string of the molecule is CNCCS(=O)(=O)N(C)Cc1ccccc1C. The third kappa shape index (κ3) is 4.11. The molecule has 0 aliphatic heterocycles. The summed E-state index contributed by atoms with van der Waals surface area (Å²) in [6.07, 6.45) is 0. The zero-order valence-corrected chi connectivity index (χ0v) is 11.4. The molecule has 1 aromatic carbocycles. The number of hydrogen-bond donors (Lipinski definition) is 1. The number of hydrogen-bond acceptors (Lipinski definition) is 3. The molecule has 1 N–H and O–H groups in total. The van der Waals surface area contributed by atoms with E-state index in [0.29, 0.717) is 13.1 Å². The predicted molar refractivity (Wildman–Crippen MR) is 70.4 cm³/mol. The number of nitrogens with zero attached hydrogens (tertiary/aromatic N) is 1. The maximum Gasteiger partial charge on any atom is 0.215 e. The van der Waals surface area contributed by atoms with Crippen LogP contribution in [-0.4, -0.2) is 39.1 Å². The van der Waals surface area contributed by atoms with Gasteiger partial charge in [-0.2, -0.15) is 0 Å². The molecular weight excluding hydrogens is 236 g/mol. The van der Waals surface area contributed by atoms with Gasteiger partial charge in [-0.1, -0.05) is 24.3 Å². The van der Waals surface area contributed by atoms with E-state index in [1.165, 1.54) is 4.31 Å². The number of benzene rings is 1. The Labute approximate surface area is 104 Å². The van der Waals surface area contributed by atoms with Crippen molar-refractivity contribution < 1.29 is 8.42 Å². The molecular formula is C12H20N2O2S. The molecule has 0 heterocycles. The number of rotatable bonds is 6. The van der Waals surface area contributed by atoms with Gasteiger partial charge in [0.15, 0.2) is 0 Å². The van der Waals surface area contributed by atoms with Crippen molar-refractivity contribution >= 4 is 10.0 Å². The molecule has 0 unspecified atom stereocenters. The zero-order chi connectivity index (χ0) is 12.9. The van der Waals surface area contributed by atoms with E-state index >= 15 is 0 Å². The molecule has 1 aromatic rings. The van der Waals surface area contributed by atoms with E-state index in [4.69, 9.17) is 0 Å². The van der Waals surface area contributed by atoms with Crippen molar-refractivity contribution in [3.05, 3.63) is 35.4 Å². The molecule has 4 nitrogen and oxygen atoms in total. The summed E-state index contributed by atoms with van der Waals surface area (Å²) in [5, 5.41) is 2.85. The molecule has 0 aliphatic rings. The third-order valence-electron chi connectivity index (χ3n) is 2.74. The molecule has 0 radical (unpaired) electrons. The van der Waals surface area contributed by atoms with Crippen LogP contribution in [0.2, 0.25) is 0 Å². The minimum absolute atomic E-state index is 0.131. The van der Waals surface area contributed by atoms with Gasteiger partial charge in [0.1, 0.15) is 0 Å². The fourth-order valence-corrected chi connectivity index (χ4v) is 2.62. The maximum atomic E-state index is 11.9. The number of aryl methyl sites for hydroxylation is 1. The van der Waals surface area contributed by atoms with Crippen LogP contribution in [0.5, 0.6) is 0 Å². The normalized spacial score (nSPS) is 12.0. The van der Waals surface area contributed by atoms with E-state index < -0.39 is 10.0 Å². The van der Waals surface area contributed by atoms with E-state index in [-0.39, 0.29) is 5.75 Å². The van der Waals surface area contributed by atoms with Crippen LogP contribution in [0, 0.1) is 6.92 Å². The van der Waals surface area contributed by atoms with Crippen LogP contribution in [-0.2, 0) is 16.6 Å². The first-order valence-corrected chi connectivity index (χ1v) is 7.21. The molecule has 17 heavy (non-hydrogen) atoms. The average Bonchev–Trinajstić information content (AvgIpc) is 2.29. The van der Waals surface area contributed by atoms with Crippen molar-refractivity contribution in [2.45, 2.75) is 13.5 Å². The quantitative estimate of drug-likeness (QED) is 0.825. The van der Waals surface area contributed by atoms with E-state index in [1.54, 1.807) is 14.1 Å². The van der Waals surface area contributed by atoms with E-state index in [9.17, 15) is 8.42 Å². The van der Waals surface area contributed by atoms with Gasteiger partial charge in [-0.3, -0.25) is 0 Å². The van der Waals surface area contributed by atoms with Crippen molar-refractivity contribution in [1.82, 2.24) is 9.62 Å². The van der Waals surface area contributed by atoms with Crippen LogP contribution in [0.1, 0.15) is 11.1 Å². The molecule has 1 rings (SSSR count). The summed E-state index contributed by atoms with van der Waals surface area (Å²) < 4.78 is 25.2. The van der Waals surface area contributed by atoms with Crippen LogP contribution >= 0.6 is 0 Å². The van der Waals surface area contributed by atoms with Gasteiger partial charge in [0.2, 0.25) is 10.0 Å². The Bertz CT molecular complexity index is 457. The first kappa shape index (κ1) is 14.2. The lowest BCUT2D eigenvalue weighted by Gasteiger charge is -2.18. The van der Waals surface area contributed by atoms with Crippen LogP contribution in [0.25, 0.3) is 0 Å². The smallest absolute Gasteiger partial charge is 0.215 e. The summed E-state index contributed by atoms with van der Waals surface area (Å²) in [6.45, 7) is 2.89. The first-order chi connectivity index (χ1) is 7.97. The predicted octanol–water partition coefficient (Wildman–Crippen LogP) is 0.976. The summed E-state index contributed by atoms with van der Waals surface area (Å²) in [7, 11) is 0.203. The molecule has 0 bridgehead atoms. The second-order valence-electron chi connectivity index (χ2n) is 4.10. The fourth-order valence-electron chi connectivity index (χ4n) is 1.51. The summed E-state index contributed by atoms with van der Waals surface area (Å²) in [5.41, 5.74) is 2.16. The van der Waals surface area contributed by atoms with E-state index in [1.807, 2.05) is 31.2 Å². The molecule has 0 fully saturated rings. The minimum Gasteiger partial charge on any atom is -0.319 e. The Hall–Kier alpha value is -0.910. The Kier molecular flexibility index (Phi) is 5.11. The van der Waals surface area contributed by atoms with E-state index in [0.717, 1.165) is 11.1 Å². The van der Waals surface area contributed by atoms with Crippen molar-refractivity contribution in [2.75, 3.05) is 26.4 Å². The van der Waals surface area contributed by atoms with Crippen LogP contribution < -0.4 is 5.32 Å². The fraction of sp³-hybridized carbons (Fsp3) is 0.500. The molecule has 0 aliphatic carbocycles. The number of nitrogens with one attached hydrogen (secondary N) is 1. The Morgan fingerprint density at radius 1 is 1.29 bits per heavy atom. The molecule has 96 valence electrons. The highest BCUT2D eigenvalue weighted by molar-refractivity contribution is 7.89. The van der Waals surface area contributed by atoms with Crippen molar-refractivity contribution in [2.24, 2.45) is 0 Å². The Morgan fingerprint density at radius 3 is 2.53 bits per heavy atom. The minimum atomic E-state index is -3.17. The second kappa shape index (κ2) is 6.14. The average molecular weight is 256 g/mol. The van der Waals surface area contributed by atoms with Gasteiger partial charge < -0.3 is 5.32 Å². The number of sulfonamides is 1. The van der Waals surface area contributed by atoms with Gasteiger partial charge in [0.25, 0.3) is 0 Å². The first-order valence-electron chi connectivity index (χ1n) is 5.60. The highest BCUT2D eigenvalue weighted by atomic mass is 32.2. The molecule has 5 heteroatoms. The van der Waals surface area contributed by atoms with Crippen molar-refractivity contribution in [3.8, 4) is 0 Å². The van der Waals surface area contributed by atoms with E-state index in [2.05, 4.69) is 5.32 Å². The highest BCUT2D eigenvalue weighted by Gasteiger charge is 2.17. The van der Waals surface area contributed by atoms with Gasteiger partial charge in [-0.15, -0.1) is 0 Å². The molecule has 0 amide bonds. The topological polar surface area (TPSA) is 49.4 Å².